The van der Waals surface area contributed by atoms with Crippen LogP contribution in [0.4, 0.5) is 0 Å². The highest BCUT2D eigenvalue weighted by Crippen LogP contribution is 2.15. The number of rotatable bonds is 7. The summed E-state index contributed by atoms with van der Waals surface area (Å²) in [7, 11) is -3.45. The number of sulfonamides is 1. The summed E-state index contributed by atoms with van der Waals surface area (Å²) < 4.78 is 25.3. The number of carboxylic acids is 1. The summed E-state index contributed by atoms with van der Waals surface area (Å²) in [6.07, 6.45) is 1.97. The minimum absolute atomic E-state index is 0.348. The lowest BCUT2D eigenvalue weighted by atomic mass is 9.99. The molecule has 1 aliphatic rings. The molecular formula is C11H22N2O4S. The first-order chi connectivity index (χ1) is 8.39. The van der Waals surface area contributed by atoms with Gasteiger partial charge in [-0.3, -0.25) is 4.79 Å². The molecule has 0 aliphatic carbocycles. The maximum Gasteiger partial charge on any atom is 0.304 e. The van der Waals surface area contributed by atoms with Crippen LogP contribution < -0.4 is 4.72 Å². The van der Waals surface area contributed by atoms with E-state index in [1.165, 1.54) is 0 Å². The predicted octanol–water partition coefficient (Wildman–Crippen LogP) is 0.112. The first-order valence-electron chi connectivity index (χ1n) is 6.30. The number of nitrogens with one attached hydrogen (secondary N) is 1. The van der Waals surface area contributed by atoms with Gasteiger partial charge in [-0.1, -0.05) is 6.92 Å². The average Bonchev–Trinajstić information content (AvgIpc) is 2.29. The van der Waals surface area contributed by atoms with Gasteiger partial charge >= 0.3 is 5.97 Å². The standard InChI is InChI=1S/C11H22N2O4S/c1-10-2-6-13(7-3-10)8-5-12-18(16,17)9-4-11(14)15/h10,12H,2-9H2,1H3,(H,14,15). The zero-order chi connectivity index (χ0) is 13.6. The summed E-state index contributed by atoms with van der Waals surface area (Å²) in [5, 5.41) is 8.43. The van der Waals surface area contributed by atoms with Gasteiger partial charge in [0, 0.05) is 13.1 Å². The van der Waals surface area contributed by atoms with E-state index in [9.17, 15) is 13.2 Å². The van der Waals surface area contributed by atoms with E-state index in [4.69, 9.17) is 5.11 Å². The molecule has 0 radical (unpaired) electrons. The molecular weight excluding hydrogens is 256 g/mol. The molecule has 2 N–H and O–H groups in total. The Balaban J connectivity index is 2.18. The number of likely N-dealkylation sites (tertiary alicyclic amines) is 1. The van der Waals surface area contributed by atoms with E-state index in [1.807, 2.05) is 0 Å². The van der Waals surface area contributed by atoms with Gasteiger partial charge in [0.1, 0.15) is 0 Å². The molecule has 0 amide bonds. The third-order valence-corrected chi connectivity index (χ3v) is 4.60. The lowest BCUT2D eigenvalue weighted by molar-refractivity contribution is -0.136. The Bertz CT molecular complexity index is 361. The monoisotopic (exact) mass is 278 g/mol. The van der Waals surface area contributed by atoms with Gasteiger partial charge in [-0.2, -0.15) is 0 Å². The average molecular weight is 278 g/mol. The first kappa shape index (κ1) is 15.4. The highest BCUT2D eigenvalue weighted by atomic mass is 32.2. The zero-order valence-corrected chi connectivity index (χ0v) is 11.6. The molecule has 6 nitrogen and oxygen atoms in total. The third-order valence-electron chi connectivity index (χ3n) is 3.21. The second-order valence-corrected chi connectivity index (χ2v) is 6.81. The van der Waals surface area contributed by atoms with Gasteiger partial charge in [0.15, 0.2) is 0 Å². The van der Waals surface area contributed by atoms with Crippen molar-refractivity contribution in [3.05, 3.63) is 0 Å². The van der Waals surface area contributed by atoms with Gasteiger partial charge in [0.25, 0.3) is 0 Å². The van der Waals surface area contributed by atoms with Crippen molar-refractivity contribution < 1.29 is 18.3 Å². The molecule has 1 rings (SSSR count). The van der Waals surface area contributed by atoms with Crippen LogP contribution in [0.5, 0.6) is 0 Å². The Kier molecular flexibility index (Phi) is 6.04. The number of nitrogens with zero attached hydrogens (tertiary/aromatic N) is 1. The maximum absolute atomic E-state index is 11.4. The minimum atomic E-state index is -3.45. The van der Waals surface area contributed by atoms with Crippen molar-refractivity contribution in [1.29, 1.82) is 0 Å². The number of hydrogen-bond acceptors (Lipinski definition) is 4. The fourth-order valence-corrected chi connectivity index (χ4v) is 2.93. The summed E-state index contributed by atoms with van der Waals surface area (Å²) in [5.41, 5.74) is 0. The van der Waals surface area contributed by atoms with E-state index in [0.29, 0.717) is 13.1 Å². The maximum atomic E-state index is 11.4. The number of piperidine rings is 1. The van der Waals surface area contributed by atoms with Crippen LogP contribution in [0.1, 0.15) is 26.2 Å². The molecule has 1 heterocycles. The van der Waals surface area contributed by atoms with Crippen molar-refractivity contribution in [3.63, 3.8) is 0 Å². The van der Waals surface area contributed by atoms with Crippen molar-refractivity contribution in [2.45, 2.75) is 26.2 Å². The highest BCUT2D eigenvalue weighted by molar-refractivity contribution is 7.89. The summed E-state index contributed by atoms with van der Waals surface area (Å²) in [5.74, 6) is -0.682. The molecule has 0 aromatic heterocycles. The van der Waals surface area contributed by atoms with E-state index in [-0.39, 0.29) is 12.2 Å². The quantitative estimate of drug-likeness (QED) is 0.690. The third kappa shape index (κ3) is 6.32. The van der Waals surface area contributed by atoms with Gasteiger partial charge in [-0.05, 0) is 31.8 Å². The molecule has 1 saturated heterocycles. The predicted molar refractivity (Wildman–Crippen MR) is 68.9 cm³/mol. The number of carbonyl (C=O) groups is 1. The van der Waals surface area contributed by atoms with E-state index in [2.05, 4.69) is 16.5 Å². The molecule has 0 saturated carbocycles. The molecule has 0 aromatic carbocycles. The fourth-order valence-electron chi connectivity index (χ4n) is 1.94. The first-order valence-corrected chi connectivity index (χ1v) is 7.96. The Morgan fingerprint density at radius 2 is 2.00 bits per heavy atom. The van der Waals surface area contributed by atoms with E-state index < -0.39 is 16.0 Å². The van der Waals surface area contributed by atoms with Crippen LogP contribution in [0.25, 0.3) is 0 Å². The molecule has 0 spiro atoms. The number of hydrogen-bond donors (Lipinski definition) is 2. The molecule has 1 fully saturated rings. The Morgan fingerprint density at radius 1 is 1.39 bits per heavy atom. The number of aliphatic carboxylic acids is 1. The van der Waals surface area contributed by atoms with E-state index in [0.717, 1.165) is 31.8 Å². The topological polar surface area (TPSA) is 86.7 Å². The van der Waals surface area contributed by atoms with Crippen molar-refractivity contribution in [3.8, 4) is 0 Å². The summed E-state index contributed by atoms with van der Waals surface area (Å²) in [4.78, 5) is 12.5. The van der Waals surface area contributed by atoms with Crippen LogP contribution in [-0.2, 0) is 14.8 Å². The molecule has 106 valence electrons. The molecule has 0 unspecified atom stereocenters. The SMILES string of the molecule is CC1CCN(CCNS(=O)(=O)CCC(=O)O)CC1. The molecule has 0 atom stereocenters. The van der Waals surface area contributed by atoms with Gasteiger partial charge in [0.05, 0.1) is 12.2 Å². The molecule has 18 heavy (non-hydrogen) atoms. The largest absolute Gasteiger partial charge is 0.481 e. The van der Waals surface area contributed by atoms with Crippen molar-refractivity contribution in [2.75, 3.05) is 31.9 Å². The molecule has 0 aromatic rings. The van der Waals surface area contributed by atoms with Gasteiger partial charge in [0.2, 0.25) is 10.0 Å². The zero-order valence-electron chi connectivity index (χ0n) is 10.8. The van der Waals surface area contributed by atoms with Gasteiger partial charge < -0.3 is 10.0 Å². The van der Waals surface area contributed by atoms with Crippen molar-refractivity contribution in [2.24, 2.45) is 5.92 Å². The number of carboxylic acid groups (broad SMARTS) is 1. The summed E-state index contributed by atoms with van der Waals surface area (Å²) >= 11 is 0. The van der Waals surface area contributed by atoms with E-state index >= 15 is 0 Å². The van der Waals surface area contributed by atoms with E-state index in [1.54, 1.807) is 0 Å². The van der Waals surface area contributed by atoms with Crippen molar-refractivity contribution >= 4 is 16.0 Å². The Hall–Kier alpha value is -0.660. The Morgan fingerprint density at radius 3 is 2.56 bits per heavy atom. The Labute approximate surface area is 108 Å². The smallest absolute Gasteiger partial charge is 0.304 e. The van der Waals surface area contributed by atoms with Gasteiger partial charge in [-0.25, -0.2) is 13.1 Å². The van der Waals surface area contributed by atoms with Crippen LogP contribution >= 0.6 is 0 Å². The van der Waals surface area contributed by atoms with Crippen LogP contribution in [-0.4, -0.2) is 56.3 Å². The second-order valence-electron chi connectivity index (χ2n) is 4.88. The highest BCUT2D eigenvalue weighted by Gasteiger charge is 2.16. The van der Waals surface area contributed by atoms with Crippen LogP contribution in [0.2, 0.25) is 0 Å². The summed E-state index contributed by atoms with van der Waals surface area (Å²) in [6, 6.07) is 0. The fraction of sp³-hybridized carbons (Fsp3) is 0.909. The summed E-state index contributed by atoms with van der Waals surface area (Å²) in [6.45, 7) is 5.30. The van der Waals surface area contributed by atoms with Gasteiger partial charge in [-0.15, -0.1) is 0 Å². The van der Waals surface area contributed by atoms with Crippen LogP contribution in [0.15, 0.2) is 0 Å². The van der Waals surface area contributed by atoms with Crippen LogP contribution in [0, 0.1) is 5.92 Å². The molecule has 0 bridgehead atoms. The van der Waals surface area contributed by atoms with Crippen LogP contribution in [0.3, 0.4) is 0 Å². The normalized spacial score (nSPS) is 18.9. The van der Waals surface area contributed by atoms with Crippen molar-refractivity contribution in [1.82, 2.24) is 9.62 Å². The lowest BCUT2D eigenvalue weighted by Gasteiger charge is -2.30. The second kappa shape index (κ2) is 7.06. The molecule has 7 heteroatoms. The lowest BCUT2D eigenvalue weighted by Crippen LogP contribution is -2.39. The molecule has 1 aliphatic heterocycles. The minimum Gasteiger partial charge on any atom is -0.481 e.